The van der Waals surface area contributed by atoms with Gasteiger partial charge in [0.05, 0.1) is 10.0 Å². The van der Waals surface area contributed by atoms with E-state index < -0.39 is 0 Å². The Labute approximate surface area is 108 Å². The van der Waals surface area contributed by atoms with E-state index in [0.29, 0.717) is 22.0 Å². The highest BCUT2D eigenvalue weighted by Gasteiger charge is 2.14. The van der Waals surface area contributed by atoms with Crippen LogP contribution in [0.25, 0.3) is 0 Å². The monoisotopic (exact) mass is 259 g/mol. The third-order valence-electron chi connectivity index (χ3n) is 2.94. The summed E-state index contributed by atoms with van der Waals surface area (Å²) in [7, 11) is 0. The lowest BCUT2D eigenvalue weighted by molar-refractivity contribution is 0.481. The number of nitrogens with one attached hydrogen (secondary N) is 1. The van der Waals surface area contributed by atoms with Gasteiger partial charge in [0.25, 0.3) is 0 Å². The highest BCUT2D eigenvalue weighted by atomic mass is 35.5. The van der Waals surface area contributed by atoms with Gasteiger partial charge in [0.2, 0.25) is 0 Å². The zero-order valence-electron chi connectivity index (χ0n) is 10.1. The molecule has 1 N–H and O–H groups in total. The maximum absolute atomic E-state index is 6.01. The first-order chi connectivity index (χ1) is 7.56. The van der Waals surface area contributed by atoms with Crippen molar-refractivity contribution in [3.63, 3.8) is 0 Å². The summed E-state index contributed by atoms with van der Waals surface area (Å²) in [6.45, 7) is 7.62. The summed E-state index contributed by atoms with van der Waals surface area (Å²) >= 11 is 11.9. The number of benzene rings is 1. The highest BCUT2D eigenvalue weighted by Crippen LogP contribution is 2.27. The number of halogens is 2. The molecule has 0 saturated carbocycles. The van der Waals surface area contributed by atoms with Crippen LogP contribution in [0, 0.1) is 0 Å². The van der Waals surface area contributed by atoms with Crippen LogP contribution >= 0.6 is 23.2 Å². The molecule has 1 aromatic carbocycles. The maximum Gasteiger partial charge on any atom is 0.0595 e. The standard InChI is InChI=1S/C13H19Cl2N/c1-4-7-16-10(3)9(2)11-5-6-12(14)13(15)8-11/h5-6,8-10,16H,4,7H2,1-3H3. The lowest BCUT2D eigenvalue weighted by Crippen LogP contribution is -2.31. The summed E-state index contributed by atoms with van der Waals surface area (Å²) in [6.07, 6.45) is 1.15. The van der Waals surface area contributed by atoms with E-state index in [9.17, 15) is 0 Å². The summed E-state index contributed by atoms with van der Waals surface area (Å²) in [6, 6.07) is 6.31. The van der Waals surface area contributed by atoms with Crippen LogP contribution in [-0.4, -0.2) is 12.6 Å². The molecule has 0 aliphatic carbocycles. The molecule has 0 aromatic heterocycles. The second kappa shape index (κ2) is 6.48. The average molecular weight is 260 g/mol. The van der Waals surface area contributed by atoms with Crippen LogP contribution in [0.3, 0.4) is 0 Å². The predicted molar refractivity (Wildman–Crippen MR) is 72.6 cm³/mol. The lowest BCUT2D eigenvalue weighted by Gasteiger charge is -2.22. The van der Waals surface area contributed by atoms with Crippen molar-refractivity contribution in [3.8, 4) is 0 Å². The first kappa shape index (κ1) is 13.8. The van der Waals surface area contributed by atoms with E-state index in [4.69, 9.17) is 23.2 Å². The van der Waals surface area contributed by atoms with Crippen LogP contribution in [0.1, 0.15) is 38.7 Å². The number of hydrogen-bond donors (Lipinski definition) is 1. The zero-order chi connectivity index (χ0) is 12.1. The summed E-state index contributed by atoms with van der Waals surface area (Å²) < 4.78 is 0. The Balaban J connectivity index is 2.71. The van der Waals surface area contributed by atoms with Gasteiger partial charge in [0.15, 0.2) is 0 Å². The Hall–Kier alpha value is -0.240. The predicted octanol–water partition coefficient (Wildman–Crippen LogP) is 4.49. The van der Waals surface area contributed by atoms with Crippen molar-refractivity contribution in [2.45, 2.75) is 39.2 Å². The van der Waals surface area contributed by atoms with E-state index in [-0.39, 0.29) is 0 Å². The molecule has 0 radical (unpaired) electrons. The normalized spacial score (nSPS) is 14.8. The van der Waals surface area contributed by atoms with E-state index in [1.807, 2.05) is 18.2 Å². The van der Waals surface area contributed by atoms with E-state index in [1.165, 1.54) is 5.56 Å². The van der Waals surface area contributed by atoms with Crippen molar-refractivity contribution >= 4 is 23.2 Å². The second-order valence-electron chi connectivity index (χ2n) is 4.21. The third-order valence-corrected chi connectivity index (χ3v) is 3.67. The molecule has 0 bridgehead atoms. The summed E-state index contributed by atoms with van der Waals surface area (Å²) in [5, 5.41) is 4.74. The fourth-order valence-corrected chi connectivity index (χ4v) is 1.94. The van der Waals surface area contributed by atoms with Gasteiger partial charge in [-0.25, -0.2) is 0 Å². The smallest absolute Gasteiger partial charge is 0.0595 e. The van der Waals surface area contributed by atoms with Crippen LogP contribution in [-0.2, 0) is 0 Å². The Bertz CT molecular complexity index is 339. The summed E-state index contributed by atoms with van der Waals surface area (Å²) in [5.41, 5.74) is 1.23. The molecule has 0 amide bonds. The van der Waals surface area contributed by atoms with E-state index >= 15 is 0 Å². The SMILES string of the molecule is CCCNC(C)C(C)c1ccc(Cl)c(Cl)c1. The van der Waals surface area contributed by atoms with E-state index in [2.05, 4.69) is 26.1 Å². The molecule has 16 heavy (non-hydrogen) atoms. The van der Waals surface area contributed by atoms with Crippen molar-refractivity contribution in [2.75, 3.05) is 6.54 Å². The molecule has 90 valence electrons. The molecule has 1 nitrogen and oxygen atoms in total. The zero-order valence-corrected chi connectivity index (χ0v) is 11.6. The van der Waals surface area contributed by atoms with Gasteiger partial charge in [-0.3, -0.25) is 0 Å². The van der Waals surface area contributed by atoms with Crippen molar-refractivity contribution < 1.29 is 0 Å². The van der Waals surface area contributed by atoms with Gasteiger partial charge in [-0.2, -0.15) is 0 Å². The molecule has 2 atom stereocenters. The Morgan fingerprint density at radius 3 is 2.44 bits per heavy atom. The van der Waals surface area contributed by atoms with Crippen LogP contribution < -0.4 is 5.32 Å². The van der Waals surface area contributed by atoms with Gasteiger partial charge >= 0.3 is 0 Å². The quantitative estimate of drug-likeness (QED) is 0.822. The first-order valence-corrected chi connectivity index (χ1v) is 6.50. The molecule has 0 heterocycles. The van der Waals surface area contributed by atoms with Crippen molar-refractivity contribution in [2.24, 2.45) is 0 Å². The van der Waals surface area contributed by atoms with Crippen molar-refractivity contribution in [3.05, 3.63) is 33.8 Å². The van der Waals surface area contributed by atoms with Crippen molar-refractivity contribution in [1.82, 2.24) is 5.32 Å². The maximum atomic E-state index is 6.01. The van der Waals surface area contributed by atoms with Crippen LogP contribution in [0.4, 0.5) is 0 Å². The topological polar surface area (TPSA) is 12.0 Å². The molecular formula is C13H19Cl2N. The Morgan fingerprint density at radius 2 is 1.88 bits per heavy atom. The fourth-order valence-electron chi connectivity index (χ4n) is 1.63. The van der Waals surface area contributed by atoms with Gasteiger partial charge in [-0.1, -0.05) is 43.1 Å². The fraction of sp³-hybridized carbons (Fsp3) is 0.538. The second-order valence-corrected chi connectivity index (χ2v) is 5.02. The molecule has 0 spiro atoms. The van der Waals surface area contributed by atoms with Gasteiger partial charge in [0.1, 0.15) is 0 Å². The molecule has 2 unspecified atom stereocenters. The molecule has 1 rings (SSSR count). The molecule has 0 aliphatic heterocycles. The van der Waals surface area contributed by atoms with Gasteiger partial charge in [0, 0.05) is 6.04 Å². The minimum Gasteiger partial charge on any atom is -0.314 e. The summed E-state index contributed by atoms with van der Waals surface area (Å²) in [4.78, 5) is 0. The lowest BCUT2D eigenvalue weighted by atomic mass is 9.94. The van der Waals surface area contributed by atoms with Crippen LogP contribution in [0.2, 0.25) is 10.0 Å². The minimum atomic E-state index is 0.432. The molecular weight excluding hydrogens is 241 g/mol. The van der Waals surface area contributed by atoms with E-state index in [1.54, 1.807) is 0 Å². The molecule has 0 aliphatic rings. The van der Waals surface area contributed by atoms with Gasteiger partial charge in [-0.05, 0) is 43.5 Å². The largest absolute Gasteiger partial charge is 0.314 e. The van der Waals surface area contributed by atoms with Crippen LogP contribution in [0.15, 0.2) is 18.2 Å². The van der Waals surface area contributed by atoms with Crippen molar-refractivity contribution in [1.29, 1.82) is 0 Å². The Kier molecular flexibility index (Phi) is 5.60. The minimum absolute atomic E-state index is 0.432. The third kappa shape index (κ3) is 3.65. The molecule has 3 heteroatoms. The van der Waals surface area contributed by atoms with E-state index in [0.717, 1.165) is 13.0 Å². The van der Waals surface area contributed by atoms with Gasteiger partial charge < -0.3 is 5.32 Å². The first-order valence-electron chi connectivity index (χ1n) is 5.74. The number of rotatable bonds is 5. The highest BCUT2D eigenvalue weighted by molar-refractivity contribution is 6.42. The Morgan fingerprint density at radius 1 is 1.19 bits per heavy atom. The van der Waals surface area contributed by atoms with Crippen LogP contribution in [0.5, 0.6) is 0 Å². The summed E-state index contributed by atoms with van der Waals surface area (Å²) in [5.74, 6) is 0.432. The molecule has 1 aromatic rings. The average Bonchev–Trinajstić information content (AvgIpc) is 2.28. The van der Waals surface area contributed by atoms with Gasteiger partial charge in [-0.15, -0.1) is 0 Å². The molecule has 0 saturated heterocycles. The number of hydrogen-bond acceptors (Lipinski definition) is 1. The molecule has 0 fully saturated rings.